The van der Waals surface area contributed by atoms with Crippen LogP contribution in [-0.4, -0.2) is 17.8 Å². The van der Waals surface area contributed by atoms with E-state index in [-0.39, 0.29) is 11.3 Å². The molecule has 0 saturated heterocycles. The van der Waals surface area contributed by atoms with Crippen LogP contribution in [0.5, 0.6) is 0 Å². The number of hydrogen-bond donors (Lipinski definition) is 1. The summed E-state index contributed by atoms with van der Waals surface area (Å²) in [6.07, 6.45) is 0. The molecule has 0 bridgehead atoms. The third-order valence-corrected chi connectivity index (χ3v) is 5.37. The van der Waals surface area contributed by atoms with Crippen LogP contribution >= 0.6 is 27.3 Å². The second-order valence-corrected chi connectivity index (χ2v) is 6.77. The molecule has 1 aromatic carbocycles. The van der Waals surface area contributed by atoms with Gasteiger partial charge in [-0.1, -0.05) is 48.0 Å². The van der Waals surface area contributed by atoms with Crippen molar-refractivity contribution in [1.82, 2.24) is 5.32 Å². The van der Waals surface area contributed by atoms with Gasteiger partial charge in [0.1, 0.15) is 0 Å². The van der Waals surface area contributed by atoms with E-state index in [2.05, 4.69) is 35.1 Å². The molecular formula is C14H16BrNOS. The van der Waals surface area contributed by atoms with Crippen LogP contribution in [0.15, 0.2) is 30.3 Å². The molecule has 1 aromatic heterocycles. The lowest BCUT2D eigenvalue weighted by atomic mass is 9.97. The van der Waals surface area contributed by atoms with Crippen LogP contribution in [0.3, 0.4) is 0 Å². The number of hydrogen-bond acceptors (Lipinski definition) is 2. The molecule has 0 fully saturated rings. The summed E-state index contributed by atoms with van der Waals surface area (Å²) in [6.45, 7) is 4.91. The lowest BCUT2D eigenvalue weighted by Gasteiger charge is -2.21. The number of amides is 1. The van der Waals surface area contributed by atoms with Crippen LogP contribution in [0, 0.1) is 5.41 Å². The fraction of sp³-hybridized carbons (Fsp3) is 0.357. The maximum Gasteiger partial charge on any atom is 0.261 e. The second-order valence-electron chi connectivity index (χ2n) is 5.13. The van der Waals surface area contributed by atoms with Crippen molar-refractivity contribution >= 4 is 43.3 Å². The maximum absolute atomic E-state index is 12.1. The van der Waals surface area contributed by atoms with Gasteiger partial charge in [-0.25, -0.2) is 0 Å². The minimum Gasteiger partial charge on any atom is -0.351 e. The zero-order valence-electron chi connectivity index (χ0n) is 10.5. The molecule has 0 aliphatic rings. The van der Waals surface area contributed by atoms with Gasteiger partial charge in [0.05, 0.1) is 4.88 Å². The molecule has 2 nitrogen and oxygen atoms in total. The first-order chi connectivity index (χ1) is 8.52. The van der Waals surface area contributed by atoms with E-state index in [0.717, 1.165) is 20.3 Å². The third-order valence-electron chi connectivity index (χ3n) is 2.74. The highest BCUT2D eigenvalue weighted by Crippen LogP contribution is 2.25. The van der Waals surface area contributed by atoms with Gasteiger partial charge >= 0.3 is 0 Å². The fourth-order valence-corrected chi connectivity index (χ4v) is 2.73. The Balaban J connectivity index is 2.09. The summed E-state index contributed by atoms with van der Waals surface area (Å²) in [5, 5.41) is 4.99. The van der Waals surface area contributed by atoms with E-state index in [1.807, 2.05) is 30.3 Å². The summed E-state index contributed by atoms with van der Waals surface area (Å²) in [5.74, 6) is 0.0187. The highest BCUT2D eigenvalue weighted by Gasteiger charge is 2.18. The monoisotopic (exact) mass is 325 g/mol. The zero-order valence-corrected chi connectivity index (χ0v) is 12.9. The Morgan fingerprint density at radius 3 is 2.78 bits per heavy atom. The number of rotatable bonds is 4. The van der Waals surface area contributed by atoms with Crippen LogP contribution in [-0.2, 0) is 0 Å². The largest absolute Gasteiger partial charge is 0.351 e. The average Bonchev–Trinajstić information content (AvgIpc) is 2.80. The highest BCUT2D eigenvalue weighted by atomic mass is 79.9. The molecule has 0 spiro atoms. The first-order valence-corrected chi connectivity index (χ1v) is 7.78. The molecule has 0 saturated carbocycles. The molecule has 1 amide bonds. The van der Waals surface area contributed by atoms with Crippen LogP contribution in [0.1, 0.15) is 23.5 Å². The summed E-state index contributed by atoms with van der Waals surface area (Å²) in [6, 6.07) is 10.0. The topological polar surface area (TPSA) is 29.1 Å². The van der Waals surface area contributed by atoms with E-state index in [4.69, 9.17) is 0 Å². The average molecular weight is 326 g/mol. The van der Waals surface area contributed by atoms with E-state index in [9.17, 15) is 4.79 Å². The van der Waals surface area contributed by atoms with Crippen LogP contribution in [0.25, 0.3) is 10.1 Å². The predicted molar refractivity (Wildman–Crippen MR) is 81.7 cm³/mol. The highest BCUT2D eigenvalue weighted by molar-refractivity contribution is 9.09. The number of thiophene rings is 1. The Morgan fingerprint density at radius 1 is 1.39 bits per heavy atom. The van der Waals surface area contributed by atoms with Crippen molar-refractivity contribution in [3.05, 3.63) is 35.2 Å². The van der Waals surface area contributed by atoms with Gasteiger partial charge in [0.2, 0.25) is 0 Å². The number of nitrogens with one attached hydrogen (secondary N) is 1. The Hall–Kier alpha value is -0.870. The summed E-state index contributed by atoms with van der Waals surface area (Å²) >= 11 is 5.00. The Kier molecular flexibility index (Phi) is 4.07. The quantitative estimate of drug-likeness (QED) is 0.844. The van der Waals surface area contributed by atoms with Gasteiger partial charge in [-0.3, -0.25) is 4.79 Å². The maximum atomic E-state index is 12.1. The first-order valence-electron chi connectivity index (χ1n) is 5.84. The van der Waals surface area contributed by atoms with Gasteiger partial charge in [-0.15, -0.1) is 11.3 Å². The molecule has 2 aromatic rings. The first kappa shape index (κ1) is 13.6. The van der Waals surface area contributed by atoms with E-state index >= 15 is 0 Å². The van der Waals surface area contributed by atoms with Gasteiger partial charge < -0.3 is 5.32 Å². The molecule has 0 aliphatic carbocycles. The number of alkyl halides is 1. The minimum absolute atomic E-state index is 0.0187. The summed E-state index contributed by atoms with van der Waals surface area (Å²) in [7, 11) is 0. The Labute approximate surface area is 120 Å². The van der Waals surface area contributed by atoms with E-state index in [0.29, 0.717) is 6.54 Å². The number of carbonyl (C=O) groups is 1. The molecule has 0 unspecified atom stereocenters. The van der Waals surface area contributed by atoms with Crippen molar-refractivity contribution < 1.29 is 4.79 Å². The standard InChI is InChI=1S/C14H16BrNOS/c1-14(2,8-15)9-16-13(17)12-7-10-5-3-4-6-11(10)18-12/h3-7H,8-9H2,1-2H3,(H,16,17). The van der Waals surface area contributed by atoms with Crippen LogP contribution in [0.4, 0.5) is 0 Å². The van der Waals surface area contributed by atoms with Crippen molar-refractivity contribution in [2.75, 3.05) is 11.9 Å². The van der Waals surface area contributed by atoms with Gasteiger partial charge in [0.25, 0.3) is 5.91 Å². The number of carbonyl (C=O) groups excluding carboxylic acids is 1. The minimum atomic E-state index is 0.0187. The molecule has 18 heavy (non-hydrogen) atoms. The SMILES string of the molecule is CC(C)(CBr)CNC(=O)c1cc2ccccc2s1. The van der Waals surface area contributed by atoms with Crippen molar-refractivity contribution in [2.24, 2.45) is 5.41 Å². The van der Waals surface area contributed by atoms with Crippen molar-refractivity contribution in [3.63, 3.8) is 0 Å². The lowest BCUT2D eigenvalue weighted by Crippen LogP contribution is -2.34. The summed E-state index contributed by atoms with van der Waals surface area (Å²) in [5.41, 5.74) is 0.0757. The molecule has 2 rings (SSSR count). The normalized spacial score (nSPS) is 11.7. The zero-order chi connectivity index (χ0) is 13.2. The van der Waals surface area contributed by atoms with E-state index in [1.165, 1.54) is 11.3 Å². The molecule has 4 heteroatoms. The summed E-state index contributed by atoms with van der Waals surface area (Å²) in [4.78, 5) is 12.8. The van der Waals surface area contributed by atoms with Crippen molar-refractivity contribution in [1.29, 1.82) is 0 Å². The molecule has 0 aliphatic heterocycles. The molecule has 96 valence electrons. The van der Waals surface area contributed by atoms with Crippen LogP contribution < -0.4 is 5.32 Å². The number of benzene rings is 1. The molecule has 0 atom stereocenters. The van der Waals surface area contributed by atoms with Crippen LogP contribution in [0.2, 0.25) is 0 Å². The smallest absolute Gasteiger partial charge is 0.261 e. The third kappa shape index (κ3) is 3.12. The number of halogens is 1. The van der Waals surface area contributed by atoms with E-state index in [1.54, 1.807) is 0 Å². The van der Waals surface area contributed by atoms with Crippen molar-refractivity contribution in [2.45, 2.75) is 13.8 Å². The van der Waals surface area contributed by atoms with Gasteiger partial charge in [0, 0.05) is 16.6 Å². The lowest BCUT2D eigenvalue weighted by molar-refractivity contribution is 0.0944. The molecule has 0 radical (unpaired) electrons. The molecule has 1 heterocycles. The van der Waals surface area contributed by atoms with E-state index < -0.39 is 0 Å². The second kappa shape index (κ2) is 5.41. The number of fused-ring (bicyclic) bond motifs is 1. The van der Waals surface area contributed by atoms with Gasteiger partial charge in [-0.05, 0) is 22.9 Å². The van der Waals surface area contributed by atoms with Gasteiger partial charge in [0.15, 0.2) is 0 Å². The Bertz CT molecular complexity index is 529. The van der Waals surface area contributed by atoms with Crippen molar-refractivity contribution in [3.8, 4) is 0 Å². The Morgan fingerprint density at radius 2 is 2.11 bits per heavy atom. The van der Waals surface area contributed by atoms with Gasteiger partial charge in [-0.2, -0.15) is 0 Å². The summed E-state index contributed by atoms with van der Waals surface area (Å²) < 4.78 is 1.16. The molecule has 1 N–H and O–H groups in total. The molecular weight excluding hydrogens is 310 g/mol. The fourth-order valence-electron chi connectivity index (χ4n) is 1.55. The predicted octanol–water partition coefficient (Wildman–Crippen LogP) is 4.05.